The summed E-state index contributed by atoms with van der Waals surface area (Å²) in [5.41, 5.74) is 1.58. The lowest BCUT2D eigenvalue weighted by Gasteiger charge is -2.43. The van der Waals surface area contributed by atoms with Crippen molar-refractivity contribution in [1.82, 2.24) is 0 Å². The van der Waals surface area contributed by atoms with E-state index >= 15 is 0 Å². The number of halogens is 5. The molecule has 2 rings (SSSR count). The zero-order chi connectivity index (χ0) is 20.2. The molecule has 0 aromatic heterocycles. The Labute approximate surface area is 154 Å². The van der Waals surface area contributed by atoms with Crippen LogP contribution in [-0.4, -0.2) is 23.3 Å². The lowest BCUT2D eigenvalue weighted by atomic mass is 9.73. The van der Waals surface area contributed by atoms with Crippen LogP contribution < -0.4 is 0 Å². The van der Waals surface area contributed by atoms with Gasteiger partial charge in [-0.2, -0.15) is 17.6 Å². The minimum Gasteiger partial charge on any atom is -0.300 e. The third-order valence-corrected chi connectivity index (χ3v) is 4.69. The number of benzene rings is 1. The van der Waals surface area contributed by atoms with Crippen molar-refractivity contribution in [1.29, 1.82) is 0 Å². The first-order valence-corrected chi connectivity index (χ1v) is 8.64. The SMILES string of the molecule is C#CC(CCCCC(=O)CC1CC(F)(F)C1(F)F)=Nc1cc(F)ccc1C. The second-order valence-electron chi connectivity index (χ2n) is 6.81. The molecule has 0 heterocycles. The van der Waals surface area contributed by atoms with E-state index in [9.17, 15) is 26.7 Å². The molecule has 7 heteroatoms. The summed E-state index contributed by atoms with van der Waals surface area (Å²) in [6, 6.07) is 4.17. The Morgan fingerprint density at radius 3 is 2.52 bits per heavy atom. The van der Waals surface area contributed by atoms with Gasteiger partial charge in [-0.25, -0.2) is 9.38 Å². The van der Waals surface area contributed by atoms with Crippen LogP contribution in [0.1, 0.15) is 44.1 Å². The van der Waals surface area contributed by atoms with Crippen molar-refractivity contribution in [2.75, 3.05) is 0 Å². The van der Waals surface area contributed by atoms with Crippen molar-refractivity contribution in [2.24, 2.45) is 10.9 Å². The van der Waals surface area contributed by atoms with Crippen LogP contribution in [0.5, 0.6) is 0 Å². The van der Waals surface area contributed by atoms with Crippen LogP contribution >= 0.6 is 0 Å². The minimum absolute atomic E-state index is 0.0228. The zero-order valence-corrected chi connectivity index (χ0v) is 14.9. The minimum atomic E-state index is -4.10. The van der Waals surface area contributed by atoms with E-state index < -0.39 is 42.2 Å². The smallest absolute Gasteiger partial charge is 0.300 e. The molecule has 1 fully saturated rings. The van der Waals surface area contributed by atoms with E-state index in [4.69, 9.17) is 6.42 Å². The van der Waals surface area contributed by atoms with Crippen molar-refractivity contribution in [3.8, 4) is 12.3 Å². The number of ketones is 1. The molecule has 2 nitrogen and oxygen atoms in total. The Bertz CT molecular complexity index is 779. The van der Waals surface area contributed by atoms with Gasteiger partial charge in [-0.15, -0.1) is 6.42 Å². The number of Topliss-reactive ketones (excluding diaryl/α,β-unsaturated/α-hetero) is 1. The van der Waals surface area contributed by atoms with Crippen LogP contribution in [0.2, 0.25) is 0 Å². The molecule has 1 unspecified atom stereocenters. The van der Waals surface area contributed by atoms with Crippen LogP contribution in [0.4, 0.5) is 27.6 Å². The molecular formula is C20H20F5NO. The van der Waals surface area contributed by atoms with Crippen molar-refractivity contribution in [3.05, 3.63) is 29.6 Å². The summed E-state index contributed by atoms with van der Waals surface area (Å²) in [6.07, 6.45) is 5.18. The van der Waals surface area contributed by atoms with E-state index in [-0.39, 0.29) is 6.42 Å². The number of unbranched alkanes of at least 4 members (excludes halogenated alkanes) is 1. The third kappa shape index (κ3) is 4.94. The Balaban J connectivity index is 1.78. The van der Waals surface area contributed by atoms with E-state index in [0.29, 0.717) is 30.7 Å². The van der Waals surface area contributed by atoms with Crippen LogP contribution in [-0.2, 0) is 4.79 Å². The molecule has 1 saturated carbocycles. The summed E-state index contributed by atoms with van der Waals surface area (Å²) in [6.45, 7) is 1.77. The lowest BCUT2D eigenvalue weighted by Crippen LogP contribution is -2.59. The number of hydrogen-bond donors (Lipinski definition) is 0. The maximum Gasteiger partial charge on any atom is 0.313 e. The number of nitrogens with zero attached hydrogens (tertiary/aromatic N) is 1. The zero-order valence-electron chi connectivity index (χ0n) is 14.9. The van der Waals surface area contributed by atoms with Gasteiger partial charge in [-0.05, 0) is 43.9 Å². The predicted octanol–water partition coefficient (Wildman–Crippen LogP) is 5.65. The van der Waals surface area contributed by atoms with Gasteiger partial charge in [-0.3, -0.25) is 4.79 Å². The monoisotopic (exact) mass is 385 g/mol. The van der Waals surface area contributed by atoms with Gasteiger partial charge in [-0.1, -0.05) is 12.0 Å². The van der Waals surface area contributed by atoms with Gasteiger partial charge in [0.1, 0.15) is 11.6 Å². The quantitative estimate of drug-likeness (QED) is 0.246. The maximum absolute atomic E-state index is 13.3. The lowest BCUT2D eigenvalue weighted by molar-refractivity contribution is -0.313. The van der Waals surface area contributed by atoms with Gasteiger partial charge < -0.3 is 0 Å². The first-order valence-electron chi connectivity index (χ1n) is 8.64. The molecule has 0 radical (unpaired) electrons. The predicted molar refractivity (Wildman–Crippen MR) is 93.2 cm³/mol. The number of aryl methyl sites for hydroxylation is 1. The molecule has 1 aliphatic rings. The van der Waals surface area contributed by atoms with E-state index in [0.717, 1.165) is 5.56 Å². The summed E-state index contributed by atoms with van der Waals surface area (Å²) in [4.78, 5) is 16.0. The summed E-state index contributed by atoms with van der Waals surface area (Å²) >= 11 is 0. The fourth-order valence-corrected chi connectivity index (χ4v) is 2.94. The van der Waals surface area contributed by atoms with Crippen LogP contribution in [0, 0.1) is 31.0 Å². The number of aliphatic imine (C=N–C) groups is 1. The van der Waals surface area contributed by atoms with Crippen LogP contribution in [0.25, 0.3) is 0 Å². The largest absolute Gasteiger partial charge is 0.313 e. The number of terminal acetylenes is 1. The van der Waals surface area contributed by atoms with Gasteiger partial charge in [0.05, 0.1) is 11.4 Å². The highest BCUT2D eigenvalue weighted by atomic mass is 19.3. The maximum atomic E-state index is 13.3. The van der Waals surface area contributed by atoms with E-state index in [2.05, 4.69) is 10.9 Å². The summed E-state index contributed by atoms with van der Waals surface area (Å²) in [5.74, 6) is -8.17. The number of alkyl halides is 4. The fourth-order valence-electron chi connectivity index (χ4n) is 2.94. The number of carbonyl (C=O) groups excluding carboxylic acids is 1. The molecule has 0 bridgehead atoms. The molecule has 1 aromatic rings. The fraction of sp³-hybridized carbons (Fsp3) is 0.500. The second-order valence-corrected chi connectivity index (χ2v) is 6.81. The highest BCUT2D eigenvalue weighted by Crippen LogP contribution is 2.56. The summed E-state index contributed by atoms with van der Waals surface area (Å²) in [5, 5.41) is 0. The number of hydrogen-bond acceptors (Lipinski definition) is 2. The van der Waals surface area contributed by atoms with Crippen LogP contribution in [0.3, 0.4) is 0 Å². The molecule has 0 spiro atoms. The number of carbonyl (C=O) groups is 1. The van der Waals surface area contributed by atoms with Crippen molar-refractivity contribution in [3.63, 3.8) is 0 Å². The molecule has 1 atom stereocenters. The Morgan fingerprint density at radius 1 is 1.26 bits per heavy atom. The van der Waals surface area contributed by atoms with E-state index in [1.54, 1.807) is 13.0 Å². The topological polar surface area (TPSA) is 29.4 Å². The first-order chi connectivity index (χ1) is 12.6. The number of rotatable bonds is 8. The molecule has 0 saturated heterocycles. The van der Waals surface area contributed by atoms with Crippen molar-refractivity contribution in [2.45, 2.75) is 57.3 Å². The van der Waals surface area contributed by atoms with E-state index in [1.807, 2.05) is 0 Å². The summed E-state index contributed by atoms with van der Waals surface area (Å²) < 4.78 is 65.2. The standard InChI is InChI=1S/C20H20F5NO/c1-3-16(26-18-11-15(21)9-8-13(18)2)6-4-5-7-17(27)10-14-12-19(22,23)20(14,24)25/h1,8-9,11,14H,4-7,10,12H2,2H3. The second kappa shape index (κ2) is 8.20. The van der Waals surface area contributed by atoms with Crippen molar-refractivity contribution >= 4 is 17.2 Å². The van der Waals surface area contributed by atoms with E-state index in [1.165, 1.54) is 12.1 Å². The molecule has 1 aromatic carbocycles. The molecule has 27 heavy (non-hydrogen) atoms. The normalized spacial score (nSPS) is 20.6. The van der Waals surface area contributed by atoms with Gasteiger partial charge in [0.25, 0.3) is 0 Å². The van der Waals surface area contributed by atoms with Gasteiger partial charge >= 0.3 is 11.8 Å². The average Bonchev–Trinajstić information content (AvgIpc) is 2.59. The first kappa shape index (κ1) is 21.1. The Morgan fingerprint density at radius 2 is 1.93 bits per heavy atom. The van der Waals surface area contributed by atoms with Gasteiger partial charge in [0.15, 0.2) is 0 Å². The van der Waals surface area contributed by atoms with Gasteiger partial charge in [0, 0.05) is 25.2 Å². The highest BCUT2D eigenvalue weighted by molar-refractivity contribution is 6.01. The average molecular weight is 385 g/mol. The Kier molecular flexibility index (Phi) is 6.40. The molecule has 1 aliphatic carbocycles. The Hall–Kier alpha value is -2.23. The molecule has 0 aliphatic heterocycles. The molecule has 0 amide bonds. The van der Waals surface area contributed by atoms with Crippen LogP contribution in [0.15, 0.2) is 23.2 Å². The molecule has 146 valence electrons. The van der Waals surface area contributed by atoms with Gasteiger partial charge in [0.2, 0.25) is 0 Å². The molecule has 0 N–H and O–H groups in total. The summed E-state index contributed by atoms with van der Waals surface area (Å²) in [7, 11) is 0. The van der Waals surface area contributed by atoms with Crippen molar-refractivity contribution < 1.29 is 26.7 Å². The highest BCUT2D eigenvalue weighted by Gasteiger charge is 2.71. The third-order valence-electron chi connectivity index (χ3n) is 4.69. The molecular weight excluding hydrogens is 365 g/mol.